The summed E-state index contributed by atoms with van der Waals surface area (Å²) in [6.07, 6.45) is 0. The van der Waals surface area contributed by atoms with Crippen LogP contribution in [-0.4, -0.2) is 23.6 Å². The van der Waals surface area contributed by atoms with Crippen molar-refractivity contribution in [3.63, 3.8) is 0 Å². The number of benzene rings is 1. The van der Waals surface area contributed by atoms with Crippen LogP contribution in [0.2, 0.25) is 0 Å². The molecule has 104 valence electrons. The van der Waals surface area contributed by atoms with Crippen molar-refractivity contribution in [2.24, 2.45) is 0 Å². The van der Waals surface area contributed by atoms with Gasteiger partial charge in [0.1, 0.15) is 4.90 Å². The van der Waals surface area contributed by atoms with Gasteiger partial charge in [0, 0.05) is 11.9 Å². The molecule has 0 fully saturated rings. The van der Waals surface area contributed by atoms with Crippen LogP contribution >= 0.6 is 0 Å². The zero-order chi connectivity index (χ0) is 14.4. The van der Waals surface area contributed by atoms with Gasteiger partial charge in [-0.1, -0.05) is 18.2 Å². The van der Waals surface area contributed by atoms with Crippen LogP contribution in [0.25, 0.3) is 10.9 Å². The van der Waals surface area contributed by atoms with Crippen LogP contribution in [0.4, 0.5) is 13.2 Å². The summed E-state index contributed by atoms with van der Waals surface area (Å²) < 4.78 is 62.1. The molecular formula is C11H10F3NO3S. The summed E-state index contributed by atoms with van der Waals surface area (Å²) >= 11 is 0. The van der Waals surface area contributed by atoms with Gasteiger partial charge in [0.15, 0.2) is 0 Å². The van der Waals surface area contributed by atoms with Crippen molar-refractivity contribution in [3.8, 4) is 5.88 Å². The maximum Gasteiger partial charge on any atom is 0.502 e. The van der Waals surface area contributed by atoms with Gasteiger partial charge in [-0.25, -0.2) is 8.42 Å². The van der Waals surface area contributed by atoms with E-state index in [4.69, 9.17) is 0 Å². The smallest absolute Gasteiger partial charge is 0.493 e. The molecule has 1 aromatic carbocycles. The second-order valence-electron chi connectivity index (χ2n) is 3.86. The molecule has 0 amide bonds. The number of nitrogens with zero attached hydrogens (tertiary/aromatic N) is 1. The van der Waals surface area contributed by atoms with Gasteiger partial charge in [0.25, 0.3) is 9.84 Å². The zero-order valence-corrected chi connectivity index (χ0v) is 10.6. The van der Waals surface area contributed by atoms with Crippen LogP contribution < -0.4 is 0 Å². The van der Waals surface area contributed by atoms with Crippen molar-refractivity contribution in [1.29, 1.82) is 0 Å². The quantitative estimate of drug-likeness (QED) is 0.926. The van der Waals surface area contributed by atoms with Gasteiger partial charge in [0.05, 0.1) is 5.52 Å². The number of hydrogen-bond donors (Lipinski definition) is 1. The van der Waals surface area contributed by atoms with Crippen LogP contribution in [0.3, 0.4) is 0 Å². The molecule has 0 saturated carbocycles. The number of aromatic nitrogens is 1. The van der Waals surface area contributed by atoms with Gasteiger partial charge in [-0.3, -0.25) is 0 Å². The second-order valence-corrected chi connectivity index (χ2v) is 5.74. The molecule has 8 heteroatoms. The maximum absolute atomic E-state index is 12.6. The average molecular weight is 293 g/mol. The average Bonchev–Trinajstić information content (AvgIpc) is 2.59. The van der Waals surface area contributed by atoms with Gasteiger partial charge < -0.3 is 9.67 Å². The van der Waals surface area contributed by atoms with Crippen LogP contribution in [-0.2, 0) is 16.4 Å². The summed E-state index contributed by atoms with van der Waals surface area (Å²) in [6, 6.07) is 5.66. The number of rotatable bonds is 2. The molecule has 1 N–H and O–H groups in total. The van der Waals surface area contributed by atoms with Crippen molar-refractivity contribution in [3.05, 3.63) is 24.3 Å². The Balaban J connectivity index is 2.94. The monoisotopic (exact) mass is 293 g/mol. The molecule has 0 bridgehead atoms. The summed E-state index contributed by atoms with van der Waals surface area (Å²) in [5.41, 5.74) is -5.21. The maximum atomic E-state index is 12.6. The topological polar surface area (TPSA) is 59.3 Å². The Bertz CT molecular complexity index is 731. The summed E-state index contributed by atoms with van der Waals surface area (Å²) in [7, 11) is -5.59. The molecule has 0 spiro atoms. The minimum Gasteiger partial charge on any atom is -0.493 e. The first-order valence-corrected chi connectivity index (χ1v) is 6.81. The number of aryl methyl sites for hydroxylation is 1. The van der Waals surface area contributed by atoms with Crippen LogP contribution in [0.15, 0.2) is 29.2 Å². The molecule has 0 radical (unpaired) electrons. The third-order valence-electron chi connectivity index (χ3n) is 2.79. The molecule has 2 aromatic rings. The van der Waals surface area contributed by atoms with Crippen LogP contribution in [0, 0.1) is 0 Å². The van der Waals surface area contributed by atoms with E-state index in [2.05, 4.69) is 0 Å². The Labute approximate surface area is 107 Å². The first-order chi connectivity index (χ1) is 8.71. The van der Waals surface area contributed by atoms with Crippen molar-refractivity contribution in [2.75, 3.05) is 0 Å². The largest absolute Gasteiger partial charge is 0.502 e. The molecule has 2 rings (SSSR count). The Morgan fingerprint density at radius 2 is 1.84 bits per heavy atom. The van der Waals surface area contributed by atoms with E-state index >= 15 is 0 Å². The highest BCUT2D eigenvalue weighted by Gasteiger charge is 2.50. The van der Waals surface area contributed by atoms with E-state index in [1.807, 2.05) is 0 Å². The summed E-state index contributed by atoms with van der Waals surface area (Å²) in [4.78, 5) is -1.09. The first-order valence-electron chi connectivity index (χ1n) is 5.33. The van der Waals surface area contributed by atoms with Gasteiger partial charge in [-0.05, 0) is 13.0 Å². The van der Waals surface area contributed by atoms with Crippen molar-refractivity contribution in [1.82, 2.24) is 4.57 Å². The van der Waals surface area contributed by atoms with E-state index < -0.39 is 26.1 Å². The third kappa shape index (κ3) is 1.86. The fourth-order valence-electron chi connectivity index (χ4n) is 1.96. The lowest BCUT2D eigenvalue weighted by Crippen LogP contribution is -2.23. The van der Waals surface area contributed by atoms with Crippen LogP contribution in [0.1, 0.15) is 6.92 Å². The number of para-hydroxylation sites is 1. The van der Waals surface area contributed by atoms with Gasteiger partial charge in [-0.2, -0.15) is 13.2 Å². The van der Waals surface area contributed by atoms with E-state index in [-0.39, 0.29) is 17.4 Å². The number of sulfone groups is 1. The van der Waals surface area contributed by atoms with Gasteiger partial charge in [0.2, 0.25) is 5.88 Å². The lowest BCUT2D eigenvalue weighted by Gasteiger charge is -2.07. The lowest BCUT2D eigenvalue weighted by atomic mass is 10.2. The number of fused-ring (bicyclic) bond motifs is 1. The number of hydrogen-bond acceptors (Lipinski definition) is 3. The molecule has 1 heterocycles. The van der Waals surface area contributed by atoms with E-state index in [0.717, 1.165) is 4.57 Å². The number of aromatic hydroxyl groups is 1. The Morgan fingerprint density at radius 3 is 2.37 bits per heavy atom. The van der Waals surface area contributed by atoms with Crippen LogP contribution in [0.5, 0.6) is 5.88 Å². The predicted octanol–water partition coefficient (Wildman–Crippen LogP) is 2.66. The summed E-state index contributed by atoms with van der Waals surface area (Å²) in [6.45, 7) is 1.75. The Hall–Kier alpha value is -1.70. The zero-order valence-electron chi connectivity index (χ0n) is 9.77. The molecular weight excluding hydrogens is 283 g/mol. The molecule has 1 aromatic heterocycles. The summed E-state index contributed by atoms with van der Waals surface area (Å²) in [5, 5.41) is 9.66. The Kier molecular flexibility index (Phi) is 3.00. The summed E-state index contributed by atoms with van der Waals surface area (Å²) in [5.74, 6) is -0.888. The van der Waals surface area contributed by atoms with Gasteiger partial charge >= 0.3 is 5.51 Å². The fourth-order valence-corrected chi connectivity index (χ4v) is 3.00. The van der Waals surface area contributed by atoms with Crippen molar-refractivity contribution < 1.29 is 26.7 Å². The predicted molar refractivity (Wildman–Crippen MR) is 62.5 cm³/mol. The highest BCUT2D eigenvalue weighted by Crippen LogP contribution is 2.41. The van der Waals surface area contributed by atoms with E-state index in [9.17, 15) is 26.7 Å². The minimum absolute atomic E-state index is 0.140. The van der Waals surface area contributed by atoms with Gasteiger partial charge in [-0.15, -0.1) is 0 Å². The van der Waals surface area contributed by atoms with Crippen molar-refractivity contribution in [2.45, 2.75) is 23.9 Å². The molecule has 19 heavy (non-hydrogen) atoms. The second kappa shape index (κ2) is 4.16. The molecule has 0 aliphatic heterocycles. The molecule has 4 nitrogen and oxygen atoms in total. The highest BCUT2D eigenvalue weighted by molar-refractivity contribution is 7.92. The normalized spacial score (nSPS) is 13.1. The van der Waals surface area contributed by atoms with E-state index in [1.54, 1.807) is 13.0 Å². The Morgan fingerprint density at radius 1 is 1.26 bits per heavy atom. The molecule has 0 atom stereocenters. The molecule has 0 unspecified atom stereocenters. The van der Waals surface area contributed by atoms with E-state index in [0.29, 0.717) is 0 Å². The highest BCUT2D eigenvalue weighted by atomic mass is 32.2. The fraction of sp³-hybridized carbons (Fsp3) is 0.273. The number of alkyl halides is 3. The van der Waals surface area contributed by atoms with Crippen molar-refractivity contribution >= 4 is 20.7 Å². The minimum atomic E-state index is -5.59. The molecule has 0 aliphatic rings. The lowest BCUT2D eigenvalue weighted by molar-refractivity contribution is -0.0436. The number of halogens is 3. The SMILES string of the molecule is CCn1c(O)c(S(=O)(=O)C(F)(F)F)c2ccccc21. The molecule has 0 aliphatic carbocycles. The molecule has 0 saturated heterocycles. The third-order valence-corrected chi connectivity index (χ3v) is 4.34. The first kappa shape index (κ1) is 13.7. The van der Waals surface area contributed by atoms with E-state index in [1.165, 1.54) is 18.2 Å². The standard InChI is InChI=1S/C11H10F3NO3S/c1-2-15-8-6-4-3-5-7(8)9(10(15)16)19(17,18)11(12,13)14/h3-6,16H,2H2,1H3.